The average molecular weight is 545 g/mol. The molecule has 2 N–H and O–H groups in total. The van der Waals surface area contributed by atoms with Crippen molar-refractivity contribution in [2.24, 2.45) is 0 Å². The second-order valence-electron chi connectivity index (χ2n) is 9.76. The van der Waals surface area contributed by atoms with Crippen molar-refractivity contribution >= 4 is 20.8 Å². The molecule has 9 nitrogen and oxygen atoms in total. The zero-order chi connectivity index (χ0) is 26.0. The van der Waals surface area contributed by atoms with Crippen molar-refractivity contribution in [2.75, 3.05) is 0 Å². The molecule has 1 rings (SSSR count). The minimum atomic E-state index is -4.85. The Morgan fingerprint density at radius 2 is 0.943 bits per heavy atom. The molecule has 0 aromatic carbocycles. The molecule has 11 heteroatoms. The van der Waals surface area contributed by atoms with Gasteiger partial charge in [0.15, 0.2) is 0 Å². The maximum absolute atomic E-state index is 11.2. The van der Waals surface area contributed by atoms with Crippen molar-refractivity contribution in [3.05, 3.63) is 0 Å². The van der Waals surface area contributed by atoms with E-state index >= 15 is 0 Å². The Morgan fingerprint density at radius 3 is 1.34 bits per heavy atom. The SMILES string of the molecule is CCCCCCCCCCC(O)CCCCCCCCCCCCC1(O)OS(=O)(=O)OS(=O)(=O)O1. The summed E-state index contributed by atoms with van der Waals surface area (Å²) in [6.07, 6.45) is 21.5. The number of unbranched alkanes of at least 4 members (excludes halogenated alkanes) is 16. The molecule has 1 aliphatic rings. The summed E-state index contributed by atoms with van der Waals surface area (Å²) in [5.41, 5.74) is 0. The van der Waals surface area contributed by atoms with Gasteiger partial charge in [-0.15, -0.1) is 3.63 Å². The highest BCUT2D eigenvalue weighted by Gasteiger charge is 2.48. The van der Waals surface area contributed by atoms with E-state index in [1.807, 2.05) is 0 Å². The quantitative estimate of drug-likeness (QED) is 0.163. The van der Waals surface area contributed by atoms with Crippen LogP contribution in [0.1, 0.15) is 142 Å². The molecule has 210 valence electrons. The maximum atomic E-state index is 11.2. The molecular formula is C24H48O9S2. The second-order valence-corrected chi connectivity index (χ2v) is 12.3. The molecular weight excluding hydrogens is 496 g/mol. The molecule has 0 amide bonds. The third-order valence-corrected chi connectivity index (χ3v) is 8.56. The van der Waals surface area contributed by atoms with Gasteiger partial charge in [0.2, 0.25) is 0 Å². The summed E-state index contributed by atoms with van der Waals surface area (Å²) < 4.78 is 57.1. The van der Waals surface area contributed by atoms with E-state index < -0.39 is 26.8 Å². The number of hydrogen-bond donors (Lipinski definition) is 2. The molecule has 0 radical (unpaired) electrons. The summed E-state index contributed by atoms with van der Waals surface area (Å²) in [6.45, 7) is 2.24. The van der Waals surface area contributed by atoms with E-state index in [1.165, 1.54) is 57.8 Å². The van der Waals surface area contributed by atoms with Gasteiger partial charge in [-0.3, -0.25) is 0 Å². The average Bonchev–Trinajstić information content (AvgIpc) is 2.73. The van der Waals surface area contributed by atoms with Crippen LogP contribution in [-0.2, 0) is 32.8 Å². The minimum Gasteiger partial charge on any atom is -0.393 e. The maximum Gasteiger partial charge on any atom is 0.420 e. The van der Waals surface area contributed by atoms with Crippen molar-refractivity contribution in [1.29, 1.82) is 0 Å². The summed E-state index contributed by atoms with van der Waals surface area (Å²) in [6, 6.07) is 0. The monoisotopic (exact) mass is 544 g/mol. The first-order valence-electron chi connectivity index (χ1n) is 13.6. The number of aliphatic hydroxyl groups excluding tert-OH is 1. The lowest BCUT2D eigenvalue weighted by atomic mass is 10.0. The second kappa shape index (κ2) is 18.0. The van der Waals surface area contributed by atoms with Crippen LogP contribution in [0.2, 0.25) is 0 Å². The first-order chi connectivity index (χ1) is 16.6. The normalized spacial score (nSPS) is 19.5. The van der Waals surface area contributed by atoms with Gasteiger partial charge in [-0.05, 0) is 19.3 Å². The lowest BCUT2D eigenvalue weighted by Crippen LogP contribution is -2.45. The van der Waals surface area contributed by atoms with Crippen LogP contribution in [0.15, 0.2) is 0 Å². The molecule has 1 unspecified atom stereocenters. The third kappa shape index (κ3) is 17.7. The van der Waals surface area contributed by atoms with Crippen molar-refractivity contribution in [2.45, 2.75) is 154 Å². The van der Waals surface area contributed by atoms with Gasteiger partial charge < -0.3 is 10.2 Å². The Morgan fingerprint density at radius 1 is 0.600 bits per heavy atom. The van der Waals surface area contributed by atoms with Gasteiger partial charge in [0.1, 0.15) is 0 Å². The van der Waals surface area contributed by atoms with E-state index in [0.29, 0.717) is 12.8 Å². The smallest absolute Gasteiger partial charge is 0.393 e. The molecule has 0 aromatic rings. The minimum absolute atomic E-state index is 0.148. The summed E-state index contributed by atoms with van der Waals surface area (Å²) in [5, 5.41) is 20.0. The number of hydrogen-bond acceptors (Lipinski definition) is 9. The van der Waals surface area contributed by atoms with Gasteiger partial charge in [-0.2, -0.15) is 25.2 Å². The van der Waals surface area contributed by atoms with Crippen LogP contribution in [0.3, 0.4) is 0 Å². The Hall–Kier alpha value is -0.300. The topological polar surface area (TPSA) is 136 Å². The number of aliphatic hydroxyl groups is 2. The van der Waals surface area contributed by atoms with Gasteiger partial charge in [0.05, 0.1) is 6.10 Å². The first kappa shape index (κ1) is 32.7. The van der Waals surface area contributed by atoms with E-state index in [2.05, 4.69) is 18.9 Å². The van der Waals surface area contributed by atoms with Crippen LogP contribution < -0.4 is 0 Å². The van der Waals surface area contributed by atoms with E-state index in [0.717, 1.165) is 57.8 Å². The molecule has 1 heterocycles. The van der Waals surface area contributed by atoms with Crippen molar-refractivity contribution in [3.8, 4) is 0 Å². The Kier molecular flexibility index (Phi) is 16.9. The summed E-state index contributed by atoms with van der Waals surface area (Å²) in [5.74, 6) is -2.74. The third-order valence-electron chi connectivity index (χ3n) is 6.30. The highest BCUT2D eigenvalue weighted by atomic mass is 32.3. The van der Waals surface area contributed by atoms with Crippen LogP contribution in [0.4, 0.5) is 0 Å². The first-order valence-corrected chi connectivity index (χ1v) is 16.3. The van der Waals surface area contributed by atoms with Gasteiger partial charge in [-0.1, -0.05) is 116 Å². The van der Waals surface area contributed by atoms with Gasteiger partial charge in [-0.25, -0.2) is 0 Å². The van der Waals surface area contributed by atoms with Gasteiger partial charge >= 0.3 is 26.8 Å². The van der Waals surface area contributed by atoms with Crippen LogP contribution in [0.25, 0.3) is 0 Å². The summed E-state index contributed by atoms with van der Waals surface area (Å²) in [4.78, 5) is 0. The Balaban J connectivity index is 1.88. The number of rotatable bonds is 22. The van der Waals surface area contributed by atoms with E-state index in [-0.39, 0.29) is 12.5 Å². The predicted molar refractivity (Wildman–Crippen MR) is 135 cm³/mol. The summed E-state index contributed by atoms with van der Waals surface area (Å²) in [7, 11) is -9.71. The van der Waals surface area contributed by atoms with Crippen molar-refractivity contribution in [3.63, 3.8) is 0 Å². The Labute approximate surface area is 213 Å². The molecule has 35 heavy (non-hydrogen) atoms. The standard InChI is InChI=1S/C24H48O9S2/c1-2-3-4-5-6-11-14-17-20-23(25)21-18-15-12-9-7-8-10-13-16-19-22-24(26)31-34(27,28)33-35(29,30)32-24/h23,25-26H,2-22H2,1H3. The van der Waals surface area contributed by atoms with Crippen LogP contribution in [0.5, 0.6) is 0 Å². The molecule has 0 aromatic heterocycles. The zero-order valence-electron chi connectivity index (χ0n) is 21.5. The van der Waals surface area contributed by atoms with E-state index in [9.17, 15) is 27.0 Å². The molecule has 1 fully saturated rings. The van der Waals surface area contributed by atoms with Crippen LogP contribution >= 0.6 is 0 Å². The van der Waals surface area contributed by atoms with Crippen LogP contribution in [-0.4, -0.2) is 39.1 Å². The molecule has 0 aliphatic carbocycles. The molecule has 1 atom stereocenters. The van der Waals surface area contributed by atoms with Gasteiger partial charge in [0.25, 0.3) is 0 Å². The van der Waals surface area contributed by atoms with Gasteiger partial charge in [0, 0.05) is 6.42 Å². The molecule has 0 saturated carbocycles. The Bertz CT molecular complexity index is 704. The molecule has 0 bridgehead atoms. The highest BCUT2D eigenvalue weighted by molar-refractivity contribution is 7.95. The fraction of sp³-hybridized carbons (Fsp3) is 1.00. The lowest BCUT2D eigenvalue weighted by Gasteiger charge is -2.28. The summed E-state index contributed by atoms with van der Waals surface area (Å²) >= 11 is 0. The zero-order valence-corrected chi connectivity index (χ0v) is 23.1. The highest BCUT2D eigenvalue weighted by Crippen LogP contribution is 2.30. The molecule has 1 saturated heterocycles. The van der Waals surface area contributed by atoms with Crippen LogP contribution in [0, 0.1) is 0 Å². The predicted octanol–water partition coefficient (Wildman–Crippen LogP) is 5.76. The molecule has 0 spiro atoms. The van der Waals surface area contributed by atoms with Crippen molar-refractivity contribution in [1.82, 2.24) is 0 Å². The van der Waals surface area contributed by atoms with E-state index in [4.69, 9.17) is 0 Å². The fourth-order valence-electron chi connectivity index (χ4n) is 4.35. The van der Waals surface area contributed by atoms with E-state index in [1.54, 1.807) is 0 Å². The largest absolute Gasteiger partial charge is 0.420 e. The van der Waals surface area contributed by atoms with Crippen molar-refractivity contribution < 1.29 is 39.0 Å². The lowest BCUT2D eigenvalue weighted by molar-refractivity contribution is -0.284. The molecule has 1 aliphatic heterocycles. The fourth-order valence-corrected chi connectivity index (χ4v) is 6.30.